The second-order valence-electron chi connectivity index (χ2n) is 6.33. The van der Waals surface area contributed by atoms with Crippen LogP contribution in [0, 0.1) is 10.1 Å². The molecule has 1 aliphatic heterocycles. The summed E-state index contributed by atoms with van der Waals surface area (Å²) in [5.74, 6) is 0.0698. The number of nitro groups is 1. The van der Waals surface area contributed by atoms with Crippen molar-refractivity contribution < 1.29 is 14.5 Å². The monoisotopic (exact) mass is 355 g/mol. The maximum Gasteiger partial charge on any atom is 0.273 e. The quantitative estimate of drug-likeness (QED) is 0.656. The first-order valence-corrected chi connectivity index (χ1v) is 8.46. The SMILES string of the molecule is COc1cc([N+](=O)[O-])ccc1NC(=O)CN1c2ccccc2CC[C@@H]1C. The molecule has 0 radical (unpaired) electrons. The molecule has 0 fully saturated rings. The maximum absolute atomic E-state index is 12.6. The Balaban J connectivity index is 1.76. The minimum Gasteiger partial charge on any atom is -0.494 e. The van der Waals surface area contributed by atoms with Crippen molar-refractivity contribution in [1.82, 2.24) is 0 Å². The van der Waals surface area contributed by atoms with Crippen LogP contribution in [0.4, 0.5) is 17.1 Å². The summed E-state index contributed by atoms with van der Waals surface area (Å²) in [4.78, 5) is 25.0. The van der Waals surface area contributed by atoms with Crippen molar-refractivity contribution in [3.63, 3.8) is 0 Å². The number of methoxy groups -OCH3 is 1. The molecule has 2 aromatic carbocycles. The first kappa shape index (κ1) is 17.7. The summed E-state index contributed by atoms with van der Waals surface area (Å²) in [6.45, 7) is 2.31. The third-order valence-corrected chi connectivity index (χ3v) is 4.65. The number of nitro benzene ring substituents is 1. The highest BCUT2D eigenvalue weighted by molar-refractivity contribution is 5.95. The Morgan fingerprint density at radius 3 is 2.85 bits per heavy atom. The molecule has 0 spiro atoms. The number of rotatable bonds is 5. The number of carbonyl (C=O) groups excluding carboxylic acids is 1. The van der Waals surface area contributed by atoms with E-state index in [1.165, 1.54) is 30.9 Å². The fourth-order valence-electron chi connectivity index (χ4n) is 3.24. The zero-order valence-corrected chi connectivity index (χ0v) is 14.8. The van der Waals surface area contributed by atoms with E-state index in [0.29, 0.717) is 5.69 Å². The van der Waals surface area contributed by atoms with Crippen molar-refractivity contribution in [1.29, 1.82) is 0 Å². The van der Waals surface area contributed by atoms with E-state index in [0.717, 1.165) is 18.5 Å². The van der Waals surface area contributed by atoms with Gasteiger partial charge >= 0.3 is 0 Å². The van der Waals surface area contributed by atoms with E-state index in [1.807, 2.05) is 18.2 Å². The number of ether oxygens (including phenoxy) is 1. The Morgan fingerprint density at radius 1 is 1.35 bits per heavy atom. The highest BCUT2D eigenvalue weighted by Gasteiger charge is 2.25. The molecule has 0 bridgehead atoms. The third kappa shape index (κ3) is 3.61. The number of aryl methyl sites for hydroxylation is 1. The number of hydrogen-bond donors (Lipinski definition) is 1. The smallest absolute Gasteiger partial charge is 0.273 e. The lowest BCUT2D eigenvalue weighted by atomic mass is 9.96. The fourth-order valence-corrected chi connectivity index (χ4v) is 3.24. The van der Waals surface area contributed by atoms with Crippen LogP contribution in [0.2, 0.25) is 0 Å². The number of non-ortho nitro benzene ring substituents is 1. The van der Waals surface area contributed by atoms with Crippen molar-refractivity contribution in [2.75, 3.05) is 23.9 Å². The Bertz CT molecular complexity index is 837. The van der Waals surface area contributed by atoms with Crippen LogP contribution >= 0.6 is 0 Å². The number of anilines is 2. The number of amides is 1. The number of para-hydroxylation sites is 1. The molecular formula is C19H21N3O4. The fraction of sp³-hybridized carbons (Fsp3) is 0.316. The summed E-state index contributed by atoms with van der Waals surface area (Å²) in [5.41, 5.74) is 2.66. The minimum absolute atomic E-state index is 0.0848. The van der Waals surface area contributed by atoms with Crippen LogP contribution in [0.1, 0.15) is 18.9 Å². The van der Waals surface area contributed by atoms with Crippen LogP contribution in [0.5, 0.6) is 5.75 Å². The zero-order chi connectivity index (χ0) is 18.7. The molecule has 2 aromatic rings. The van der Waals surface area contributed by atoms with Crippen molar-refractivity contribution >= 4 is 23.0 Å². The molecule has 1 heterocycles. The molecule has 0 saturated carbocycles. The predicted molar refractivity (Wildman–Crippen MR) is 99.8 cm³/mol. The van der Waals surface area contributed by atoms with Crippen LogP contribution in [0.15, 0.2) is 42.5 Å². The van der Waals surface area contributed by atoms with Gasteiger partial charge in [-0.1, -0.05) is 18.2 Å². The van der Waals surface area contributed by atoms with Crippen LogP contribution < -0.4 is 15.0 Å². The van der Waals surface area contributed by atoms with Gasteiger partial charge < -0.3 is 15.0 Å². The average molecular weight is 355 g/mol. The van der Waals surface area contributed by atoms with Gasteiger partial charge in [-0.05, 0) is 37.5 Å². The average Bonchev–Trinajstić information content (AvgIpc) is 2.64. The number of nitrogens with zero attached hydrogens (tertiary/aromatic N) is 2. The molecule has 1 N–H and O–H groups in total. The van der Waals surface area contributed by atoms with Crippen molar-refractivity contribution in [2.45, 2.75) is 25.8 Å². The first-order valence-electron chi connectivity index (χ1n) is 8.46. The summed E-state index contributed by atoms with van der Waals surface area (Å²) in [5, 5.41) is 13.7. The van der Waals surface area contributed by atoms with Crippen molar-refractivity contribution in [3.8, 4) is 5.75 Å². The summed E-state index contributed by atoms with van der Waals surface area (Å²) < 4.78 is 5.17. The van der Waals surface area contributed by atoms with Gasteiger partial charge in [0.15, 0.2) is 0 Å². The number of hydrogen-bond acceptors (Lipinski definition) is 5. The minimum atomic E-state index is -0.500. The lowest BCUT2D eigenvalue weighted by Crippen LogP contribution is -2.42. The van der Waals surface area contributed by atoms with Gasteiger partial charge in [0.05, 0.1) is 30.3 Å². The van der Waals surface area contributed by atoms with Gasteiger partial charge in [-0.3, -0.25) is 14.9 Å². The summed E-state index contributed by atoms with van der Waals surface area (Å²) in [7, 11) is 1.41. The molecule has 0 saturated heterocycles. The highest BCUT2D eigenvalue weighted by Crippen LogP contribution is 2.31. The van der Waals surface area contributed by atoms with E-state index in [1.54, 1.807) is 0 Å². The molecule has 7 nitrogen and oxygen atoms in total. The number of nitrogens with one attached hydrogen (secondary N) is 1. The molecule has 7 heteroatoms. The van der Waals surface area contributed by atoms with Gasteiger partial charge in [0.25, 0.3) is 5.69 Å². The van der Waals surface area contributed by atoms with Gasteiger partial charge in [0, 0.05) is 17.8 Å². The van der Waals surface area contributed by atoms with Crippen LogP contribution in [-0.4, -0.2) is 30.5 Å². The number of carbonyl (C=O) groups is 1. The van der Waals surface area contributed by atoms with E-state index in [9.17, 15) is 14.9 Å². The van der Waals surface area contributed by atoms with Crippen LogP contribution in [0.25, 0.3) is 0 Å². The van der Waals surface area contributed by atoms with Gasteiger partial charge in [-0.2, -0.15) is 0 Å². The lowest BCUT2D eigenvalue weighted by Gasteiger charge is -2.36. The second kappa shape index (κ2) is 7.43. The third-order valence-electron chi connectivity index (χ3n) is 4.65. The lowest BCUT2D eigenvalue weighted by molar-refractivity contribution is -0.384. The van der Waals surface area contributed by atoms with Crippen molar-refractivity contribution in [3.05, 3.63) is 58.1 Å². The van der Waals surface area contributed by atoms with E-state index < -0.39 is 4.92 Å². The molecule has 136 valence electrons. The van der Waals surface area contributed by atoms with Gasteiger partial charge in [0.1, 0.15) is 5.75 Å². The predicted octanol–water partition coefficient (Wildman–Crippen LogP) is 3.38. The van der Waals surface area contributed by atoms with Crippen molar-refractivity contribution in [2.24, 2.45) is 0 Å². The molecule has 1 aliphatic rings. The van der Waals surface area contributed by atoms with E-state index >= 15 is 0 Å². The molecule has 0 aromatic heterocycles. The Morgan fingerprint density at radius 2 is 2.12 bits per heavy atom. The molecule has 3 rings (SSSR count). The largest absolute Gasteiger partial charge is 0.494 e. The Kier molecular flexibility index (Phi) is 5.06. The summed E-state index contributed by atoms with van der Waals surface area (Å²) >= 11 is 0. The first-order chi connectivity index (χ1) is 12.5. The molecule has 1 amide bonds. The molecule has 26 heavy (non-hydrogen) atoms. The molecule has 0 unspecified atom stereocenters. The van der Waals surface area contributed by atoms with Gasteiger partial charge in [-0.25, -0.2) is 0 Å². The van der Waals surface area contributed by atoms with Gasteiger partial charge in [-0.15, -0.1) is 0 Å². The van der Waals surface area contributed by atoms with E-state index in [2.05, 4.69) is 23.2 Å². The van der Waals surface area contributed by atoms with E-state index in [-0.39, 0.29) is 29.9 Å². The Labute approximate surface area is 151 Å². The normalized spacial score (nSPS) is 15.9. The summed E-state index contributed by atoms with van der Waals surface area (Å²) in [6.07, 6.45) is 2.00. The second-order valence-corrected chi connectivity index (χ2v) is 6.33. The Hall–Kier alpha value is -3.09. The zero-order valence-electron chi connectivity index (χ0n) is 14.8. The standard InChI is InChI=1S/C19H21N3O4/c1-13-7-8-14-5-3-4-6-17(14)21(13)12-19(23)20-16-10-9-15(22(24)25)11-18(16)26-2/h3-6,9-11,13H,7-8,12H2,1-2H3,(H,20,23)/t13-/m0/s1. The molecular weight excluding hydrogens is 334 g/mol. The van der Waals surface area contributed by atoms with Gasteiger partial charge in [0.2, 0.25) is 5.91 Å². The van der Waals surface area contributed by atoms with Crippen LogP contribution in [0.3, 0.4) is 0 Å². The molecule has 0 aliphatic carbocycles. The van der Waals surface area contributed by atoms with E-state index in [4.69, 9.17) is 4.74 Å². The maximum atomic E-state index is 12.6. The van der Waals surface area contributed by atoms with Crippen LogP contribution in [-0.2, 0) is 11.2 Å². The topological polar surface area (TPSA) is 84.7 Å². The highest BCUT2D eigenvalue weighted by atomic mass is 16.6. The number of fused-ring (bicyclic) bond motifs is 1. The number of benzene rings is 2. The summed E-state index contributed by atoms with van der Waals surface area (Å²) in [6, 6.07) is 12.5. The molecule has 1 atom stereocenters.